The van der Waals surface area contributed by atoms with Crippen molar-refractivity contribution in [3.8, 4) is 0 Å². The predicted octanol–water partition coefficient (Wildman–Crippen LogP) is 1.47. The molecular weight excluding hydrogens is 155 g/mol. The highest BCUT2D eigenvalue weighted by Crippen LogP contribution is 2.21. The summed E-state index contributed by atoms with van der Waals surface area (Å²) >= 11 is 0. The van der Waals surface area contributed by atoms with Crippen LogP contribution in [0, 0.1) is 5.41 Å². The molecule has 0 aromatic rings. The van der Waals surface area contributed by atoms with Gasteiger partial charge in [0, 0.05) is 24.7 Å². The van der Waals surface area contributed by atoms with Crippen LogP contribution in [0.5, 0.6) is 0 Å². The van der Waals surface area contributed by atoms with Gasteiger partial charge in [0.25, 0.3) is 0 Å². The van der Waals surface area contributed by atoms with Gasteiger partial charge in [0.15, 0.2) is 0 Å². The van der Waals surface area contributed by atoms with E-state index in [2.05, 4.69) is 13.8 Å². The normalized spacial score (nSPS) is 23.2. The molecule has 1 fully saturated rings. The predicted molar refractivity (Wildman–Crippen MR) is 47.7 cm³/mol. The largest absolute Gasteiger partial charge is 0.639 e. The van der Waals surface area contributed by atoms with Crippen molar-refractivity contribution < 1.29 is 14.0 Å². The Morgan fingerprint density at radius 3 is 2.17 bits per heavy atom. The van der Waals surface area contributed by atoms with Crippen molar-refractivity contribution in [1.29, 1.82) is 0 Å². The molecule has 12 heavy (non-hydrogen) atoms. The summed E-state index contributed by atoms with van der Waals surface area (Å²) in [5.74, 6) is 0. The number of rotatable bonds is 2. The Hall–Kier alpha value is -0.0551. The molecule has 1 aliphatic heterocycles. The number of hydrogen-bond acceptors (Lipinski definition) is 3. The van der Waals surface area contributed by atoms with Gasteiger partial charge in [-0.1, -0.05) is 13.8 Å². The van der Waals surface area contributed by atoms with Gasteiger partial charge in [0.05, 0.1) is 0 Å². The minimum atomic E-state index is -0.460. The van der Waals surface area contributed by atoms with Gasteiger partial charge in [-0.3, -0.25) is 0 Å². The van der Waals surface area contributed by atoms with Crippen molar-refractivity contribution in [3.05, 3.63) is 0 Å². The van der Waals surface area contributed by atoms with E-state index >= 15 is 0 Å². The maximum absolute atomic E-state index is 5.36. The maximum Gasteiger partial charge on any atom is 0.639 e. The van der Waals surface area contributed by atoms with Crippen LogP contribution in [0.4, 0.5) is 0 Å². The molecule has 1 saturated heterocycles. The smallest absolute Gasteiger partial charge is 0.385 e. The first-order chi connectivity index (χ1) is 5.49. The lowest BCUT2D eigenvalue weighted by atomic mass is 9.93. The van der Waals surface area contributed by atoms with Crippen molar-refractivity contribution in [2.45, 2.75) is 33.8 Å². The van der Waals surface area contributed by atoms with E-state index in [1.165, 1.54) is 0 Å². The van der Waals surface area contributed by atoms with E-state index < -0.39 is 7.32 Å². The summed E-state index contributed by atoms with van der Waals surface area (Å²) in [6, 6.07) is 0. The van der Waals surface area contributed by atoms with Gasteiger partial charge in [0.2, 0.25) is 0 Å². The van der Waals surface area contributed by atoms with E-state index in [9.17, 15) is 0 Å². The summed E-state index contributed by atoms with van der Waals surface area (Å²) in [4.78, 5) is 0. The third-order valence-corrected chi connectivity index (χ3v) is 1.60. The van der Waals surface area contributed by atoms with E-state index in [0.717, 1.165) is 0 Å². The van der Waals surface area contributed by atoms with Crippen LogP contribution < -0.4 is 0 Å². The molecule has 1 aliphatic rings. The molecule has 1 rings (SSSR count). The maximum atomic E-state index is 5.36. The second kappa shape index (κ2) is 3.77. The summed E-state index contributed by atoms with van der Waals surface area (Å²) in [6.45, 7) is 9.55. The molecule has 3 nitrogen and oxygen atoms in total. The molecule has 0 N–H and O–H groups in total. The summed E-state index contributed by atoms with van der Waals surface area (Å²) in [5, 5.41) is 0. The van der Waals surface area contributed by atoms with Gasteiger partial charge in [-0.05, 0) is 13.8 Å². The van der Waals surface area contributed by atoms with Crippen molar-refractivity contribution in [3.63, 3.8) is 0 Å². The lowest BCUT2D eigenvalue weighted by molar-refractivity contribution is -0.0279. The quantitative estimate of drug-likeness (QED) is 0.590. The molecule has 1 heterocycles. The molecule has 0 aliphatic carbocycles. The molecule has 0 aromatic carbocycles. The summed E-state index contributed by atoms with van der Waals surface area (Å²) in [5.41, 5.74) is 0.122. The average molecular weight is 172 g/mol. The van der Waals surface area contributed by atoms with Gasteiger partial charge < -0.3 is 14.0 Å². The lowest BCUT2D eigenvalue weighted by Gasteiger charge is -2.32. The minimum Gasteiger partial charge on any atom is -0.385 e. The first kappa shape index (κ1) is 10.0. The SMILES string of the molecule is CC(C)OB1OCC(C)(C)CO1. The standard InChI is InChI=1S/C8H17BO3/c1-7(2)12-9-10-5-8(3,4)6-11-9/h7H,5-6H2,1-4H3. The fraction of sp³-hybridized carbons (Fsp3) is 1.00. The molecule has 0 radical (unpaired) electrons. The zero-order chi connectivity index (χ0) is 9.19. The highest BCUT2D eigenvalue weighted by Gasteiger charge is 2.34. The van der Waals surface area contributed by atoms with Crippen molar-refractivity contribution in [1.82, 2.24) is 0 Å². The molecule has 0 aromatic heterocycles. The molecule has 0 saturated carbocycles. The van der Waals surface area contributed by atoms with E-state index in [-0.39, 0.29) is 11.5 Å². The monoisotopic (exact) mass is 172 g/mol. The van der Waals surface area contributed by atoms with Crippen LogP contribution in [0.15, 0.2) is 0 Å². The summed E-state index contributed by atoms with van der Waals surface area (Å²) in [7, 11) is -0.460. The highest BCUT2D eigenvalue weighted by molar-refractivity contribution is 6.36. The highest BCUT2D eigenvalue weighted by atomic mass is 16.7. The van der Waals surface area contributed by atoms with Crippen LogP contribution in [-0.4, -0.2) is 26.6 Å². The summed E-state index contributed by atoms with van der Waals surface area (Å²) in [6.07, 6.45) is 0.149. The van der Waals surface area contributed by atoms with Gasteiger partial charge in [-0.25, -0.2) is 0 Å². The fourth-order valence-electron chi connectivity index (χ4n) is 0.978. The lowest BCUT2D eigenvalue weighted by Crippen LogP contribution is -2.43. The topological polar surface area (TPSA) is 27.7 Å². The molecule has 70 valence electrons. The van der Waals surface area contributed by atoms with Crippen molar-refractivity contribution in [2.75, 3.05) is 13.2 Å². The Kier molecular flexibility index (Phi) is 3.15. The Balaban J connectivity index is 2.27. The van der Waals surface area contributed by atoms with Crippen LogP contribution in [-0.2, 0) is 14.0 Å². The summed E-state index contributed by atoms with van der Waals surface area (Å²) < 4.78 is 16.1. The third-order valence-electron chi connectivity index (χ3n) is 1.60. The first-order valence-corrected chi connectivity index (χ1v) is 4.38. The zero-order valence-corrected chi connectivity index (χ0v) is 8.29. The Bertz CT molecular complexity index is 137. The molecule has 0 bridgehead atoms. The van der Waals surface area contributed by atoms with Crippen LogP contribution >= 0.6 is 0 Å². The zero-order valence-electron chi connectivity index (χ0n) is 8.29. The van der Waals surface area contributed by atoms with Gasteiger partial charge >= 0.3 is 7.32 Å². The second-order valence-electron chi connectivity index (χ2n) is 4.26. The van der Waals surface area contributed by atoms with E-state index in [0.29, 0.717) is 13.2 Å². The molecular formula is C8H17BO3. The van der Waals surface area contributed by atoms with E-state index in [1.54, 1.807) is 0 Å². The third kappa shape index (κ3) is 3.13. The fourth-order valence-corrected chi connectivity index (χ4v) is 0.978. The Labute approximate surface area is 74.6 Å². The molecule has 0 atom stereocenters. The van der Waals surface area contributed by atoms with Gasteiger partial charge in [-0.15, -0.1) is 0 Å². The van der Waals surface area contributed by atoms with Gasteiger partial charge in [0.1, 0.15) is 0 Å². The van der Waals surface area contributed by atoms with Crippen LogP contribution in [0.25, 0.3) is 0 Å². The molecule has 0 spiro atoms. The molecule has 0 unspecified atom stereocenters. The second-order valence-corrected chi connectivity index (χ2v) is 4.26. The van der Waals surface area contributed by atoms with E-state index in [1.807, 2.05) is 13.8 Å². The Morgan fingerprint density at radius 1 is 1.25 bits per heavy atom. The van der Waals surface area contributed by atoms with Crippen LogP contribution in [0.3, 0.4) is 0 Å². The molecule has 0 amide bonds. The Morgan fingerprint density at radius 2 is 1.75 bits per heavy atom. The van der Waals surface area contributed by atoms with Crippen LogP contribution in [0.1, 0.15) is 27.7 Å². The first-order valence-electron chi connectivity index (χ1n) is 4.38. The number of hydrogen-bond donors (Lipinski definition) is 0. The van der Waals surface area contributed by atoms with Crippen molar-refractivity contribution in [2.24, 2.45) is 5.41 Å². The van der Waals surface area contributed by atoms with Crippen LogP contribution in [0.2, 0.25) is 0 Å². The van der Waals surface area contributed by atoms with Gasteiger partial charge in [-0.2, -0.15) is 0 Å². The average Bonchev–Trinajstić information content (AvgIpc) is 1.93. The molecule has 4 heteroatoms. The van der Waals surface area contributed by atoms with Crippen molar-refractivity contribution >= 4 is 7.32 Å². The van der Waals surface area contributed by atoms with E-state index in [4.69, 9.17) is 14.0 Å². The minimum absolute atomic E-state index is 0.122.